The fourth-order valence-corrected chi connectivity index (χ4v) is 1.62. The Kier molecular flexibility index (Phi) is 4.33. The molecule has 0 saturated carbocycles. The van der Waals surface area contributed by atoms with Gasteiger partial charge >= 0.3 is 6.03 Å². The summed E-state index contributed by atoms with van der Waals surface area (Å²) in [5, 5.41) is 5.23. The number of carbonyl (C=O) groups is 1. The fourth-order valence-electron chi connectivity index (χ4n) is 1.62. The van der Waals surface area contributed by atoms with Gasteiger partial charge in [-0.2, -0.15) is 0 Å². The van der Waals surface area contributed by atoms with Crippen LogP contribution in [-0.4, -0.2) is 23.1 Å². The summed E-state index contributed by atoms with van der Waals surface area (Å²) in [6.07, 6.45) is 10.3. The van der Waals surface area contributed by atoms with E-state index in [1.54, 1.807) is 12.2 Å². The molecule has 0 bridgehead atoms. The minimum absolute atomic E-state index is 0.352. The van der Waals surface area contributed by atoms with Gasteiger partial charge in [0.1, 0.15) is 5.76 Å². The van der Waals surface area contributed by atoms with E-state index in [2.05, 4.69) is 20.6 Å². The number of aromatic nitrogens is 2. The minimum atomic E-state index is -0.450. The van der Waals surface area contributed by atoms with Crippen LogP contribution in [0, 0.1) is 0 Å². The number of nitrogens with zero attached hydrogens (tertiary/aromatic N) is 2. The molecular weight excluding hydrogens is 258 g/mol. The van der Waals surface area contributed by atoms with Crippen LogP contribution in [0.1, 0.15) is 6.42 Å². The summed E-state index contributed by atoms with van der Waals surface area (Å²) in [4.78, 5) is 19.7. The lowest BCUT2D eigenvalue weighted by Crippen LogP contribution is -2.29. The van der Waals surface area contributed by atoms with Crippen LogP contribution in [0.2, 0.25) is 0 Å². The Bertz CT molecular complexity index is 578. The lowest BCUT2D eigenvalue weighted by Gasteiger charge is -2.10. The molecule has 104 valence electrons. The second-order valence-electron chi connectivity index (χ2n) is 3.98. The molecule has 0 radical (unpaired) electrons. The summed E-state index contributed by atoms with van der Waals surface area (Å²) in [6, 6.07) is -0.450. The standard InChI is InChI=1S/C13H15N5O2/c1-20-11-4-2-3-9(14)7-10(11)17-13(19)18-12-8-15-5-6-16-12/h2,4-8H,3,14H2,1H3,(H2,16,17,18,19). The van der Waals surface area contributed by atoms with Gasteiger partial charge in [0.15, 0.2) is 5.82 Å². The smallest absolute Gasteiger partial charge is 0.325 e. The quantitative estimate of drug-likeness (QED) is 0.769. The van der Waals surface area contributed by atoms with Crippen molar-refractivity contribution in [2.24, 2.45) is 5.73 Å². The molecule has 1 aliphatic carbocycles. The van der Waals surface area contributed by atoms with Gasteiger partial charge in [0.2, 0.25) is 0 Å². The number of ether oxygens (including phenoxy) is 1. The summed E-state index contributed by atoms with van der Waals surface area (Å²) in [6.45, 7) is 0. The highest BCUT2D eigenvalue weighted by molar-refractivity contribution is 5.89. The van der Waals surface area contributed by atoms with Crippen LogP contribution in [0.25, 0.3) is 0 Å². The number of rotatable bonds is 3. The van der Waals surface area contributed by atoms with Gasteiger partial charge in [-0.15, -0.1) is 0 Å². The molecule has 0 aliphatic heterocycles. The average molecular weight is 273 g/mol. The number of nitrogens with one attached hydrogen (secondary N) is 2. The van der Waals surface area contributed by atoms with E-state index in [-0.39, 0.29) is 0 Å². The van der Waals surface area contributed by atoms with E-state index in [0.717, 1.165) is 0 Å². The van der Waals surface area contributed by atoms with Gasteiger partial charge in [0, 0.05) is 24.5 Å². The Hall–Kier alpha value is -2.83. The zero-order valence-corrected chi connectivity index (χ0v) is 11.0. The molecule has 1 aliphatic rings. The Balaban J connectivity index is 2.11. The number of urea groups is 1. The van der Waals surface area contributed by atoms with Gasteiger partial charge < -0.3 is 15.8 Å². The molecule has 4 N–H and O–H groups in total. The SMILES string of the molecule is COC1=C(NC(=O)Nc2cnccn2)C=C(N)CC=C1. The highest BCUT2D eigenvalue weighted by Gasteiger charge is 2.11. The van der Waals surface area contributed by atoms with Crippen molar-refractivity contribution in [2.45, 2.75) is 6.42 Å². The Morgan fingerprint density at radius 3 is 2.95 bits per heavy atom. The van der Waals surface area contributed by atoms with E-state index in [1.807, 2.05) is 6.08 Å². The van der Waals surface area contributed by atoms with Crippen LogP contribution in [-0.2, 0) is 4.74 Å². The maximum Gasteiger partial charge on any atom is 0.325 e. The van der Waals surface area contributed by atoms with Gasteiger partial charge in [-0.3, -0.25) is 10.3 Å². The molecule has 2 amide bonds. The van der Waals surface area contributed by atoms with Crippen molar-refractivity contribution in [3.63, 3.8) is 0 Å². The van der Waals surface area contributed by atoms with Crippen molar-refractivity contribution in [3.05, 3.63) is 54.0 Å². The van der Waals surface area contributed by atoms with Gasteiger partial charge in [-0.25, -0.2) is 9.78 Å². The fraction of sp³-hybridized carbons (Fsp3) is 0.154. The number of nitrogens with two attached hydrogens (primary N) is 1. The average Bonchev–Trinajstić information content (AvgIpc) is 2.60. The normalized spacial score (nSPS) is 14.3. The topological polar surface area (TPSA) is 102 Å². The molecule has 2 rings (SSSR count). The summed E-state index contributed by atoms with van der Waals surface area (Å²) < 4.78 is 5.21. The number of hydrogen-bond donors (Lipinski definition) is 3. The molecular formula is C13H15N5O2. The van der Waals surface area contributed by atoms with Crippen LogP contribution in [0.4, 0.5) is 10.6 Å². The number of allylic oxidation sites excluding steroid dienone is 3. The van der Waals surface area contributed by atoms with Crippen LogP contribution in [0.15, 0.2) is 54.0 Å². The highest BCUT2D eigenvalue weighted by Crippen LogP contribution is 2.14. The lowest BCUT2D eigenvalue weighted by molar-refractivity contribution is 0.252. The third kappa shape index (κ3) is 3.58. The molecule has 1 heterocycles. The lowest BCUT2D eigenvalue weighted by atomic mass is 10.3. The molecule has 1 aromatic heterocycles. The van der Waals surface area contributed by atoms with E-state index in [9.17, 15) is 4.79 Å². The van der Waals surface area contributed by atoms with Crippen molar-refractivity contribution in [2.75, 3.05) is 12.4 Å². The van der Waals surface area contributed by atoms with E-state index in [0.29, 0.717) is 29.4 Å². The van der Waals surface area contributed by atoms with E-state index >= 15 is 0 Å². The van der Waals surface area contributed by atoms with E-state index < -0.39 is 6.03 Å². The molecule has 20 heavy (non-hydrogen) atoms. The van der Waals surface area contributed by atoms with Crippen molar-refractivity contribution < 1.29 is 9.53 Å². The second kappa shape index (κ2) is 6.37. The van der Waals surface area contributed by atoms with Gasteiger partial charge in [-0.05, 0) is 12.2 Å². The van der Waals surface area contributed by atoms with Gasteiger partial charge in [-0.1, -0.05) is 6.08 Å². The summed E-state index contributed by atoms with van der Waals surface area (Å²) in [5.41, 5.74) is 6.91. The molecule has 0 atom stereocenters. The molecule has 0 unspecified atom stereocenters. The maximum atomic E-state index is 11.9. The number of amides is 2. The van der Waals surface area contributed by atoms with Crippen molar-refractivity contribution >= 4 is 11.8 Å². The van der Waals surface area contributed by atoms with E-state index in [4.69, 9.17) is 10.5 Å². The number of hydrogen-bond acceptors (Lipinski definition) is 5. The largest absolute Gasteiger partial charge is 0.495 e. The van der Waals surface area contributed by atoms with Crippen LogP contribution >= 0.6 is 0 Å². The zero-order valence-electron chi connectivity index (χ0n) is 11.0. The monoisotopic (exact) mass is 273 g/mol. The van der Waals surface area contributed by atoms with Crippen molar-refractivity contribution in [1.82, 2.24) is 15.3 Å². The third-order valence-corrected chi connectivity index (χ3v) is 2.49. The number of anilines is 1. The van der Waals surface area contributed by atoms with Crippen LogP contribution in [0.3, 0.4) is 0 Å². The van der Waals surface area contributed by atoms with Gasteiger partial charge in [0.25, 0.3) is 0 Å². The first-order chi connectivity index (χ1) is 9.69. The third-order valence-electron chi connectivity index (χ3n) is 2.49. The van der Waals surface area contributed by atoms with E-state index in [1.165, 1.54) is 25.7 Å². The molecule has 0 fully saturated rings. The summed E-state index contributed by atoms with van der Waals surface area (Å²) in [5.74, 6) is 0.880. The maximum absolute atomic E-state index is 11.9. The Labute approximate surface area is 116 Å². The molecule has 1 aromatic rings. The Morgan fingerprint density at radius 2 is 2.25 bits per heavy atom. The molecule has 0 aromatic carbocycles. The van der Waals surface area contributed by atoms with Crippen LogP contribution in [0.5, 0.6) is 0 Å². The molecule has 7 heteroatoms. The first-order valence-electron chi connectivity index (χ1n) is 5.94. The predicted octanol–water partition coefficient (Wildman–Crippen LogP) is 1.26. The zero-order chi connectivity index (χ0) is 14.4. The minimum Gasteiger partial charge on any atom is -0.495 e. The van der Waals surface area contributed by atoms with Crippen molar-refractivity contribution in [1.29, 1.82) is 0 Å². The van der Waals surface area contributed by atoms with Crippen molar-refractivity contribution in [3.8, 4) is 0 Å². The first kappa shape index (κ1) is 13.6. The molecule has 0 spiro atoms. The summed E-state index contributed by atoms with van der Waals surface area (Å²) in [7, 11) is 1.53. The van der Waals surface area contributed by atoms with Gasteiger partial charge in [0.05, 0.1) is 19.0 Å². The Morgan fingerprint density at radius 1 is 1.40 bits per heavy atom. The number of carbonyl (C=O) groups excluding carboxylic acids is 1. The first-order valence-corrected chi connectivity index (χ1v) is 5.94. The number of methoxy groups -OCH3 is 1. The predicted molar refractivity (Wildman–Crippen MR) is 74.2 cm³/mol. The van der Waals surface area contributed by atoms with Crippen LogP contribution < -0.4 is 16.4 Å². The molecule has 0 saturated heterocycles. The summed E-state index contributed by atoms with van der Waals surface area (Å²) >= 11 is 0. The highest BCUT2D eigenvalue weighted by atomic mass is 16.5. The molecule has 7 nitrogen and oxygen atoms in total. The second-order valence-corrected chi connectivity index (χ2v) is 3.98.